The van der Waals surface area contributed by atoms with Crippen molar-refractivity contribution in [3.8, 4) is 0 Å². The Morgan fingerprint density at radius 2 is 1.85 bits per heavy atom. The van der Waals surface area contributed by atoms with Gasteiger partial charge in [0.15, 0.2) is 0 Å². The lowest BCUT2D eigenvalue weighted by molar-refractivity contribution is 0.0697. The monoisotopic (exact) mass is 362 g/mol. The molecule has 0 amide bonds. The van der Waals surface area contributed by atoms with Crippen molar-refractivity contribution in [2.24, 2.45) is 0 Å². The molecule has 0 spiro atoms. The SMILES string of the molecule is CCn1c(=O)c(/C=C/c2ccc(C(C)C)cc2)nc2cc(C(=O)O)ccc21. The van der Waals surface area contributed by atoms with Gasteiger partial charge in [-0.25, -0.2) is 9.78 Å². The van der Waals surface area contributed by atoms with E-state index in [2.05, 4.69) is 31.0 Å². The van der Waals surface area contributed by atoms with Crippen LogP contribution in [-0.4, -0.2) is 20.6 Å². The van der Waals surface area contributed by atoms with Gasteiger partial charge in [-0.1, -0.05) is 44.2 Å². The molecule has 0 bridgehead atoms. The molecule has 0 saturated heterocycles. The summed E-state index contributed by atoms with van der Waals surface area (Å²) >= 11 is 0. The second-order valence-electron chi connectivity index (χ2n) is 6.71. The molecule has 1 heterocycles. The van der Waals surface area contributed by atoms with Crippen molar-refractivity contribution in [3.63, 3.8) is 0 Å². The van der Waals surface area contributed by atoms with Crippen LogP contribution in [0.3, 0.4) is 0 Å². The Kier molecular flexibility index (Phi) is 5.21. The fraction of sp³-hybridized carbons (Fsp3) is 0.227. The number of carboxylic acids is 1. The van der Waals surface area contributed by atoms with Crippen LogP contribution in [0, 0.1) is 0 Å². The van der Waals surface area contributed by atoms with Crippen molar-refractivity contribution in [1.82, 2.24) is 9.55 Å². The molecular formula is C22H22N2O3. The van der Waals surface area contributed by atoms with Gasteiger partial charge < -0.3 is 9.67 Å². The third kappa shape index (κ3) is 3.82. The molecule has 5 nitrogen and oxygen atoms in total. The molecular weight excluding hydrogens is 340 g/mol. The summed E-state index contributed by atoms with van der Waals surface area (Å²) in [4.78, 5) is 28.4. The van der Waals surface area contributed by atoms with Crippen LogP contribution in [0.25, 0.3) is 23.2 Å². The van der Waals surface area contributed by atoms with Crippen LogP contribution in [0.5, 0.6) is 0 Å². The predicted molar refractivity (Wildman–Crippen MR) is 108 cm³/mol. The first-order chi connectivity index (χ1) is 12.9. The van der Waals surface area contributed by atoms with E-state index in [9.17, 15) is 14.7 Å². The van der Waals surface area contributed by atoms with E-state index < -0.39 is 5.97 Å². The molecule has 0 aliphatic rings. The molecule has 3 aromatic rings. The lowest BCUT2D eigenvalue weighted by atomic mass is 10.0. The summed E-state index contributed by atoms with van der Waals surface area (Å²) in [5, 5.41) is 9.20. The highest BCUT2D eigenvalue weighted by atomic mass is 16.4. The number of aromatic nitrogens is 2. The van der Waals surface area contributed by atoms with Crippen LogP contribution in [-0.2, 0) is 6.54 Å². The number of fused-ring (bicyclic) bond motifs is 1. The van der Waals surface area contributed by atoms with Gasteiger partial charge in [0.05, 0.1) is 16.6 Å². The Morgan fingerprint density at radius 1 is 1.15 bits per heavy atom. The number of carboxylic acid groups (broad SMARTS) is 1. The Morgan fingerprint density at radius 3 is 2.44 bits per heavy atom. The fourth-order valence-electron chi connectivity index (χ4n) is 2.99. The van der Waals surface area contributed by atoms with E-state index in [0.717, 1.165) is 5.56 Å². The van der Waals surface area contributed by atoms with Gasteiger partial charge in [0.2, 0.25) is 0 Å². The minimum atomic E-state index is -1.02. The molecule has 3 rings (SSSR count). The molecule has 0 unspecified atom stereocenters. The van der Waals surface area contributed by atoms with Crippen molar-refractivity contribution >= 4 is 29.2 Å². The molecule has 5 heteroatoms. The van der Waals surface area contributed by atoms with Crippen molar-refractivity contribution in [2.45, 2.75) is 33.2 Å². The maximum atomic E-state index is 12.7. The van der Waals surface area contributed by atoms with Gasteiger partial charge in [0.1, 0.15) is 5.69 Å². The zero-order chi connectivity index (χ0) is 19.6. The van der Waals surface area contributed by atoms with E-state index in [-0.39, 0.29) is 11.1 Å². The Bertz CT molecular complexity index is 1080. The zero-order valence-electron chi connectivity index (χ0n) is 15.6. The van der Waals surface area contributed by atoms with E-state index in [1.807, 2.05) is 25.1 Å². The molecule has 138 valence electrons. The minimum Gasteiger partial charge on any atom is -0.478 e. The highest BCUT2D eigenvalue weighted by molar-refractivity contribution is 5.92. The number of aryl methyl sites for hydroxylation is 1. The lowest BCUT2D eigenvalue weighted by Crippen LogP contribution is -2.23. The first kappa shape index (κ1) is 18.6. The van der Waals surface area contributed by atoms with E-state index in [1.165, 1.54) is 17.7 Å². The molecule has 0 aliphatic carbocycles. The van der Waals surface area contributed by atoms with E-state index in [4.69, 9.17) is 0 Å². The third-order valence-electron chi connectivity index (χ3n) is 4.57. The molecule has 0 aliphatic heterocycles. The quantitative estimate of drug-likeness (QED) is 0.730. The Labute approximate surface area is 157 Å². The molecule has 1 aromatic heterocycles. The number of carbonyl (C=O) groups is 1. The first-order valence-corrected chi connectivity index (χ1v) is 8.96. The molecule has 0 saturated carbocycles. The summed E-state index contributed by atoms with van der Waals surface area (Å²) in [5.41, 5.74) is 3.60. The Hall–Kier alpha value is -3.21. The largest absolute Gasteiger partial charge is 0.478 e. The van der Waals surface area contributed by atoms with Crippen molar-refractivity contribution < 1.29 is 9.90 Å². The summed E-state index contributed by atoms with van der Waals surface area (Å²) in [7, 11) is 0. The number of benzene rings is 2. The van der Waals surface area contributed by atoms with Gasteiger partial charge in [-0.3, -0.25) is 4.79 Å². The number of rotatable bonds is 5. The molecule has 2 aromatic carbocycles. The van der Waals surface area contributed by atoms with Crippen molar-refractivity contribution in [2.75, 3.05) is 0 Å². The van der Waals surface area contributed by atoms with Crippen LogP contribution in [0.4, 0.5) is 0 Å². The number of hydrogen-bond donors (Lipinski definition) is 1. The third-order valence-corrected chi connectivity index (χ3v) is 4.57. The summed E-state index contributed by atoms with van der Waals surface area (Å²) < 4.78 is 1.61. The van der Waals surface area contributed by atoms with Crippen LogP contribution < -0.4 is 5.56 Å². The highest BCUT2D eigenvalue weighted by Gasteiger charge is 2.11. The fourth-order valence-corrected chi connectivity index (χ4v) is 2.99. The molecule has 0 fully saturated rings. The van der Waals surface area contributed by atoms with Gasteiger partial charge in [0, 0.05) is 6.54 Å². The van der Waals surface area contributed by atoms with Crippen LogP contribution in [0.15, 0.2) is 47.3 Å². The molecule has 1 N–H and O–H groups in total. The summed E-state index contributed by atoms with van der Waals surface area (Å²) in [6.45, 7) is 6.64. The summed E-state index contributed by atoms with van der Waals surface area (Å²) in [6, 6.07) is 12.8. The molecule has 0 radical (unpaired) electrons. The van der Waals surface area contributed by atoms with Crippen LogP contribution in [0.1, 0.15) is 53.9 Å². The minimum absolute atomic E-state index is 0.149. The van der Waals surface area contributed by atoms with Crippen molar-refractivity contribution in [1.29, 1.82) is 0 Å². The van der Waals surface area contributed by atoms with Crippen LogP contribution in [0.2, 0.25) is 0 Å². The average molecular weight is 362 g/mol. The summed E-state index contributed by atoms with van der Waals surface area (Å²) in [5.74, 6) is -0.555. The van der Waals surface area contributed by atoms with Gasteiger partial charge in [-0.2, -0.15) is 0 Å². The predicted octanol–water partition coefficient (Wildman–Crippen LogP) is 4.41. The number of hydrogen-bond acceptors (Lipinski definition) is 3. The maximum Gasteiger partial charge on any atom is 0.335 e. The zero-order valence-corrected chi connectivity index (χ0v) is 15.6. The van der Waals surface area contributed by atoms with Crippen molar-refractivity contribution in [3.05, 3.63) is 75.2 Å². The van der Waals surface area contributed by atoms with Gasteiger partial charge in [-0.15, -0.1) is 0 Å². The maximum absolute atomic E-state index is 12.7. The van der Waals surface area contributed by atoms with Gasteiger partial charge in [0.25, 0.3) is 5.56 Å². The Balaban J connectivity index is 2.06. The second-order valence-corrected chi connectivity index (χ2v) is 6.71. The van der Waals surface area contributed by atoms with E-state index in [1.54, 1.807) is 16.7 Å². The number of aromatic carboxylic acids is 1. The highest BCUT2D eigenvalue weighted by Crippen LogP contribution is 2.17. The van der Waals surface area contributed by atoms with Gasteiger partial charge in [-0.05, 0) is 48.2 Å². The standard InChI is InChI=1S/C22H22N2O3/c1-4-24-20-12-10-17(22(26)27)13-19(20)23-18(21(24)25)11-7-15-5-8-16(9-6-15)14(2)3/h5-14H,4H2,1-3H3,(H,26,27)/b11-7+. The molecule has 27 heavy (non-hydrogen) atoms. The van der Waals surface area contributed by atoms with E-state index in [0.29, 0.717) is 29.2 Å². The number of nitrogens with zero attached hydrogens (tertiary/aromatic N) is 2. The van der Waals surface area contributed by atoms with E-state index >= 15 is 0 Å². The lowest BCUT2D eigenvalue weighted by Gasteiger charge is -2.09. The molecule has 0 atom stereocenters. The normalized spacial score (nSPS) is 11.6. The smallest absolute Gasteiger partial charge is 0.335 e. The topological polar surface area (TPSA) is 72.2 Å². The van der Waals surface area contributed by atoms with Crippen LogP contribution >= 0.6 is 0 Å². The average Bonchev–Trinajstić information content (AvgIpc) is 2.66. The summed E-state index contributed by atoms with van der Waals surface area (Å²) in [6.07, 6.45) is 3.53. The van der Waals surface area contributed by atoms with Gasteiger partial charge >= 0.3 is 5.97 Å². The first-order valence-electron chi connectivity index (χ1n) is 8.96. The second kappa shape index (κ2) is 7.58.